The average molecular weight is 312 g/mol. The first-order valence-corrected chi connectivity index (χ1v) is 7.89. The zero-order valence-electron chi connectivity index (χ0n) is 11.2. The second-order valence-corrected chi connectivity index (χ2v) is 6.88. The number of nitrogens with zero attached hydrogens (tertiary/aromatic N) is 1. The fraction of sp³-hybridized carbons (Fsp3) is 0.385. The molecule has 0 aliphatic carbocycles. The van der Waals surface area contributed by atoms with Crippen LogP contribution in [0.3, 0.4) is 0 Å². The Balaban J connectivity index is 2.31. The van der Waals surface area contributed by atoms with Crippen LogP contribution in [0.25, 0.3) is 0 Å². The number of sulfonamides is 1. The van der Waals surface area contributed by atoms with Gasteiger partial charge in [-0.1, -0.05) is 6.07 Å². The van der Waals surface area contributed by atoms with Crippen LogP contribution in [-0.2, 0) is 14.8 Å². The van der Waals surface area contributed by atoms with Gasteiger partial charge in [-0.3, -0.25) is 4.79 Å². The van der Waals surface area contributed by atoms with Crippen molar-refractivity contribution >= 4 is 21.9 Å². The summed E-state index contributed by atoms with van der Waals surface area (Å²) in [6.07, 6.45) is 1.11. The summed E-state index contributed by atoms with van der Waals surface area (Å²) in [4.78, 5) is 22.1. The highest BCUT2D eigenvalue weighted by Crippen LogP contribution is 2.24. The predicted octanol–water partition coefficient (Wildman–Crippen LogP) is 0.271. The number of hydrogen-bond donors (Lipinski definition) is 2. The van der Waals surface area contributed by atoms with Gasteiger partial charge < -0.3 is 10.8 Å². The third-order valence-corrected chi connectivity index (χ3v) is 5.37. The van der Waals surface area contributed by atoms with Crippen molar-refractivity contribution in [2.75, 3.05) is 13.1 Å². The number of hydrogen-bond acceptors (Lipinski definition) is 4. The van der Waals surface area contributed by atoms with Gasteiger partial charge in [0.05, 0.1) is 16.4 Å². The maximum Gasteiger partial charge on any atom is 0.335 e. The number of aromatic carboxylic acids is 1. The molecule has 8 heteroatoms. The van der Waals surface area contributed by atoms with Crippen molar-refractivity contribution in [3.8, 4) is 0 Å². The number of carboxylic acid groups (broad SMARTS) is 1. The van der Waals surface area contributed by atoms with E-state index in [1.807, 2.05) is 0 Å². The highest BCUT2D eigenvalue weighted by atomic mass is 32.2. The third kappa shape index (κ3) is 3.22. The maximum absolute atomic E-state index is 12.5. The van der Waals surface area contributed by atoms with Gasteiger partial charge >= 0.3 is 5.97 Å². The molecule has 0 radical (unpaired) electrons. The van der Waals surface area contributed by atoms with Gasteiger partial charge in [-0.05, 0) is 31.0 Å². The Kier molecular flexibility index (Phi) is 4.29. The molecule has 0 bridgehead atoms. The van der Waals surface area contributed by atoms with Crippen LogP contribution in [0.4, 0.5) is 0 Å². The third-order valence-electron chi connectivity index (χ3n) is 3.51. The first-order chi connectivity index (χ1) is 9.82. The second kappa shape index (κ2) is 5.82. The van der Waals surface area contributed by atoms with E-state index < -0.39 is 27.8 Å². The molecular weight excluding hydrogens is 296 g/mol. The van der Waals surface area contributed by atoms with Crippen LogP contribution in [-0.4, -0.2) is 42.8 Å². The Morgan fingerprint density at radius 1 is 1.33 bits per heavy atom. The number of carboxylic acids is 1. The van der Waals surface area contributed by atoms with Crippen LogP contribution in [0.15, 0.2) is 29.2 Å². The largest absolute Gasteiger partial charge is 0.478 e. The lowest BCUT2D eigenvalue weighted by atomic mass is 9.99. The number of piperidine rings is 1. The molecule has 21 heavy (non-hydrogen) atoms. The molecule has 1 atom stereocenters. The lowest BCUT2D eigenvalue weighted by Gasteiger charge is -2.30. The van der Waals surface area contributed by atoms with E-state index in [-0.39, 0.29) is 17.0 Å². The van der Waals surface area contributed by atoms with Gasteiger partial charge in [0.25, 0.3) is 0 Å². The Labute approximate surface area is 122 Å². The molecule has 3 N–H and O–H groups in total. The number of carbonyl (C=O) groups excluding carboxylic acids is 1. The molecule has 1 aliphatic rings. The molecule has 0 spiro atoms. The quantitative estimate of drug-likeness (QED) is 0.827. The van der Waals surface area contributed by atoms with Gasteiger partial charge in [-0.15, -0.1) is 0 Å². The molecule has 1 aromatic carbocycles. The summed E-state index contributed by atoms with van der Waals surface area (Å²) in [5.74, 6) is -2.22. The number of primary amides is 1. The molecule has 1 heterocycles. The smallest absolute Gasteiger partial charge is 0.335 e. The van der Waals surface area contributed by atoms with E-state index in [9.17, 15) is 18.0 Å². The Bertz CT molecular complexity index is 671. The van der Waals surface area contributed by atoms with Crippen LogP contribution in [0.1, 0.15) is 23.2 Å². The van der Waals surface area contributed by atoms with Crippen molar-refractivity contribution in [1.82, 2.24) is 4.31 Å². The SMILES string of the molecule is NC(=O)[C@@H]1CCCN(S(=O)(=O)c2cccc(C(=O)O)c2)C1. The van der Waals surface area contributed by atoms with Crippen molar-refractivity contribution in [2.24, 2.45) is 11.7 Å². The van der Waals surface area contributed by atoms with Gasteiger partial charge in [-0.25, -0.2) is 13.2 Å². The van der Waals surface area contributed by atoms with Gasteiger partial charge in [0.2, 0.25) is 15.9 Å². The van der Waals surface area contributed by atoms with Crippen molar-refractivity contribution < 1.29 is 23.1 Å². The molecule has 1 aromatic rings. The van der Waals surface area contributed by atoms with E-state index in [2.05, 4.69) is 0 Å². The summed E-state index contributed by atoms with van der Waals surface area (Å²) in [6, 6.07) is 5.16. The molecule has 0 aromatic heterocycles. The number of rotatable bonds is 4. The molecular formula is C13H16N2O5S. The zero-order valence-corrected chi connectivity index (χ0v) is 12.0. The lowest BCUT2D eigenvalue weighted by molar-refractivity contribution is -0.122. The minimum Gasteiger partial charge on any atom is -0.478 e. The predicted molar refractivity (Wildman–Crippen MR) is 74.1 cm³/mol. The van der Waals surface area contributed by atoms with E-state index in [1.54, 1.807) is 0 Å². The van der Waals surface area contributed by atoms with Crippen LogP contribution < -0.4 is 5.73 Å². The summed E-state index contributed by atoms with van der Waals surface area (Å²) in [6.45, 7) is 0.332. The van der Waals surface area contributed by atoms with Crippen molar-refractivity contribution in [3.05, 3.63) is 29.8 Å². The van der Waals surface area contributed by atoms with E-state index in [4.69, 9.17) is 10.8 Å². The van der Waals surface area contributed by atoms with Crippen molar-refractivity contribution in [2.45, 2.75) is 17.7 Å². The minimum absolute atomic E-state index is 0.0367. The minimum atomic E-state index is -3.82. The van der Waals surface area contributed by atoms with Gasteiger partial charge in [0.1, 0.15) is 0 Å². The second-order valence-electron chi connectivity index (χ2n) is 4.94. The normalized spacial score (nSPS) is 20.1. The Morgan fingerprint density at radius 2 is 2.05 bits per heavy atom. The molecule has 1 saturated heterocycles. The topological polar surface area (TPSA) is 118 Å². The van der Waals surface area contributed by atoms with Gasteiger partial charge in [-0.2, -0.15) is 4.31 Å². The molecule has 114 valence electrons. The summed E-state index contributed by atoms with van der Waals surface area (Å²) >= 11 is 0. The highest BCUT2D eigenvalue weighted by molar-refractivity contribution is 7.89. The molecule has 0 saturated carbocycles. The molecule has 0 unspecified atom stereocenters. The molecule has 1 aliphatic heterocycles. The first-order valence-electron chi connectivity index (χ1n) is 6.45. The fourth-order valence-corrected chi connectivity index (χ4v) is 3.90. The number of nitrogens with two attached hydrogens (primary N) is 1. The average Bonchev–Trinajstić information content (AvgIpc) is 2.47. The molecule has 1 fully saturated rings. The monoisotopic (exact) mass is 312 g/mol. The summed E-state index contributed by atoms with van der Waals surface area (Å²) < 4.78 is 26.2. The van der Waals surface area contributed by atoms with E-state index in [0.29, 0.717) is 19.4 Å². The lowest BCUT2D eigenvalue weighted by Crippen LogP contribution is -2.44. The number of benzene rings is 1. The van der Waals surface area contributed by atoms with Crippen LogP contribution >= 0.6 is 0 Å². The van der Waals surface area contributed by atoms with Gasteiger partial charge in [0, 0.05) is 13.1 Å². The molecule has 1 amide bonds. The number of amides is 1. The Morgan fingerprint density at radius 3 is 2.67 bits per heavy atom. The molecule has 7 nitrogen and oxygen atoms in total. The molecule has 2 rings (SSSR count). The van der Waals surface area contributed by atoms with E-state index in [1.165, 1.54) is 22.5 Å². The summed E-state index contributed by atoms with van der Waals surface area (Å²) in [7, 11) is -3.82. The highest BCUT2D eigenvalue weighted by Gasteiger charge is 2.32. The Hall–Kier alpha value is -1.93. The zero-order chi connectivity index (χ0) is 15.6. The standard InChI is InChI=1S/C13H16N2O5S/c14-12(16)10-4-2-6-15(8-10)21(19,20)11-5-1-3-9(7-11)13(17)18/h1,3,5,7,10H,2,4,6,8H2,(H2,14,16)(H,17,18)/t10-/m1/s1. The van der Waals surface area contributed by atoms with Crippen molar-refractivity contribution in [1.29, 1.82) is 0 Å². The van der Waals surface area contributed by atoms with E-state index in [0.717, 1.165) is 6.07 Å². The summed E-state index contributed by atoms with van der Waals surface area (Å²) in [5, 5.41) is 8.93. The van der Waals surface area contributed by atoms with Crippen LogP contribution in [0.5, 0.6) is 0 Å². The summed E-state index contributed by atoms with van der Waals surface area (Å²) in [5.41, 5.74) is 5.14. The fourth-order valence-electron chi connectivity index (χ4n) is 2.33. The number of carbonyl (C=O) groups is 2. The van der Waals surface area contributed by atoms with Crippen molar-refractivity contribution in [3.63, 3.8) is 0 Å². The van der Waals surface area contributed by atoms with E-state index >= 15 is 0 Å². The first kappa shape index (κ1) is 15.5. The maximum atomic E-state index is 12.5. The van der Waals surface area contributed by atoms with Crippen LogP contribution in [0.2, 0.25) is 0 Å². The van der Waals surface area contributed by atoms with Gasteiger partial charge in [0.15, 0.2) is 0 Å². The van der Waals surface area contributed by atoms with Crippen LogP contribution in [0, 0.1) is 5.92 Å².